The van der Waals surface area contributed by atoms with E-state index in [1.165, 1.54) is 12.1 Å². The molecule has 1 unspecified atom stereocenters. The monoisotopic (exact) mass is 476 g/mol. The number of amides is 2. The summed E-state index contributed by atoms with van der Waals surface area (Å²) in [5.74, 6) is -0.633. The molecule has 0 aliphatic carbocycles. The molecule has 1 saturated heterocycles. The predicted molar refractivity (Wildman–Crippen MR) is 132 cm³/mol. The van der Waals surface area contributed by atoms with Crippen molar-refractivity contribution in [2.75, 3.05) is 4.90 Å². The first-order valence-electron chi connectivity index (χ1n) is 11.3. The number of benzene rings is 3. The number of hydrogen-bond acceptors (Lipinski definition) is 4. The van der Waals surface area contributed by atoms with Gasteiger partial charge in [0.2, 0.25) is 15.9 Å². The van der Waals surface area contributed by atoms with Crippen LogP contribution >= 0.6 is 0 Å². The number of carbonyl (C=O) groups is 2. The van der Waals surface area contributed by atoms with Crippen molar-refractivity contribution in [1.29, 1.82) is 0 Å². The Bertz CT molecular complexity index is 1280. The van der Waals surface area contributed by atoms with Crippen molar-refractivity contribution in [3.05, 3.63) is 95.6 Å². The van der Waals surface area contributed by atoms with Crippen LogP contribution in [0.2, 0.25) is 0 Å². The maximum absolute atomic E-state index is 13.7. The lowest BCUT2D eigenvalue weighted by atomic mass is 10.0. The number of aryl methyl sites for hydroxylation is 1. The number of nitrogens with zero attached hydrogens (tertiary/aromatic N) is 2. The van der Waals surface area contributed by atoms with Gasteiger partial charge in [-0.15, -0.1) is 0 Å². The lowest BCUT2D eigenvalue weighted by molar-refractivity contribution is -0.122. The Morgan fingerprint density at radius 2 is 1.53 bits per heavy atom. The van der Waals surface area contributed by atoms with Crippen LogP contribution in [0.3, 0.4) is 0 Å². The van der Waals surface area contributed by atoms with Crippen LogP contribution in [0.1, 0.15) is 42.9 Å². The van der Waals surface area contributed by atoms with Crippen LogP contribution in [0.15, 0.2) is 83.8 Å². The van der Waals surface area contributed by atoms with Crippen molar-refractivity contribution in [1.82, 2.24) is 4.31 Å². The molecule has 3 aromatic rings. The molecule has 3 aromatic carbocycles. The van der Waals surface area contributed by atoms with E-state index in [1.807, 2.05) is 37.3 Å². The number of rotatable bonds is 7. The molecule has 0 spiro atoms. The molecule has 1 fully saturated rings. The van der Waals surface area contributed by atoms with Crippen LogP contribution in [0.5, 0.6) is 0 Å². The van der Waals surface area contributed by atoms with E-state index < -0.39 is 27.9 Å². The maximum atomic E-state index is 13.7. The molecule has 0 saturated carbocycles. The van der Waals surface area contributed by atoms with Crippen LogP contribution in [-0.4, -0.2) is 30.6 Å². The summed E-state index contributed by atoms with van der Waals surface area (Å²) >= 11 is 0. The van der Waals surface area contributed by atoms with Crippen molar-refractivity contribution in [2.45, 2.75) is 50.6 Å². The number of sulfonamides is 1. The van der Waals surface area contributed by atoms with Gasteiger partial charge in [0.1, 0.15) is 6.04 Å². The third kappa shape index (κ3) is 4.67. The minimum atomic E-state index is -4.05. The topological polar surface area (TPSA) is 74.8 Å². The highest BCUT2D eigenvalue weighted by Gasteiger charge is 2.47. The zero-order valence-corrected chi connectivity index (χ0v) is 20.3. The molecule has 4 rings (SSSR count). The quantitative estimate of drug-likeness (QED) is 0.466. The van der Waals surface area contributed by atoms with E-state index in [4.69, 9.17) is 0 Å². The van der Waals surface area contributed by atoms with Gasteiger partial charge in [-0.2, -0.15) is 4.31 Å². The van der Waals surface area contributed by atoms with Crippen molar-refractivity contribution >= 4 is 27.5 Å². The Kier molecular flexibility index (Phi) is 6.68. The molecule has 6 nitrogen and oxygen atoms in total. The Balaban J connectivity index is 1.72. The molecule has 1 aliphatic rings. The number of carbonyl (C=O) groups excluding carboxylic acids is 2. The summed E-state index contributed by atoms with van der Waals surface area (Å²) in [6.45, 7) is 5.99. The minimum Gasteiger partial charge on any atom is -0.274 e. The molecule has 2 amide bonds. The zero-order valence-electron chi connectivity index (χ0n) is 19.5. The number of imide groups is 1. The SMILES string of the molecule is Cc1ccc(S(=O)(=O)N(Cc2ccccc2)C2CC(=O)N(c3ccc(C(C)C)cc3)C2=O)cc1. The third-order valence-electron chi connectivity index (χ3n) is 6.10. The highest BCUT2D eigenvalue weighted by Crippen LogP contribution is 2.31. The van der Waals surface area contributed by atoms with Crippen LogP contribution in [0, 0.1) is 6.92 Å². The summed E-state index contributed by atoms with van der Waals surface area (Å²) in [5.41, 5.74) is 3.20. The predicted octanol–water partition coefficient (Wildman–Crippen LogP) is 4.64. The highest BCUT2D eigenvalue weighted by atomic mass is 32.2. The van der Waals surface area contributed by atoms with Gasteiger partial charge in [0.05, 0.1) is 17.0 Å². The average Bonchev–Trinajstić information content (AvgIpc) is 3.11. The Labute approximate surface area is 200 Å². The molecule has 0 radical (unpaired) electrons. The van der Waals surface area contributed by atoms with Gasteiger partial charge in [-0.1, -0.05) is 74.0 Å². The standard InChI is InChI=1S/C27H28N2O4S/c1-19(2)22-11-13-23(14-12-22)29-26(30)17-25(27(29)31)28(18-21-7-5-4-6-8-21)34(32,33)24-15-9-20(3)10-16-24/h4-16,19,25H,17-18H2,1-3H3. The van der Waals surface area contributed by atoms with E-state index in [2.05, 4.69) is 13.8 Å². The fourth-order valence-corrected chi connectivity index (χ4v) is 5.66. The Hall–Kier alpha value is -3.29. The van der Waals surface area contributed by atoms with Crippen molar-refractivity contribution in [3.63, 3.8) is 0 Å². The molecule has 1 heterocycles. The fraction of sp³-hybridized carbons (Fsp3) is 0.259. The summed E-state index contributed by atoms with van der Waals surface area (Å²) in [6.07, 6.45) is -0.206. The molecule has 0 aromatic heterocycles. The molecule has 176 valence electrons. The Morgan fingerprint density at radius 1 is 0.912 bits per heavy atom. The second-order valence-corrected chi connectivity index (χ2v) is 10.8. The first-order chi connectivity index (χ1) is 16.2. The summed E-state index contributed by atoms with van der Waals surface area (Å²) in [4.78, 5) is 27.7. The summed E-state index contributed by atoms with van der Waals surface area (Å²) in [7, 11) is -4.05. The molecule has 0 N–H and O–H groups in total. The summed E-state index contributed by atoms with van der Waals surface area (Å²) in [6, 6.07) is 21.7. The zero-order chi connectivity index (χ0) is 24.5. The van der Waals surface area contributed by atoms with Gasteiger partial charge in [-0.05, 0) is 48.2 Å². The maximum Gasteiger partial charge on any atom is 0.252 e. The van der Waals surface area contributed by atoms with Crippen LogP contribution < -0.4 is 4.90 Å². The van der Waals surface area contributed by atoms with E-state index in [0.717, 1.165) is 25.9 Å². The van der Waals surface area contributed by atoms with Crippen LogP contribution in [0.4, 0.5) is 5.69 Å². The smallest absolute Gasteiger partial charge is 0.252 e. The van der Waals surface area contributed by atoms with E-state index in [0.29, 0.717) is 11.6 Å². The normalized spacial score (nSPS) is 16.6. The molecular weight excluding hydrogens is 448 g/mol. The number of anilines is 1. The molecule has 1 aliphatic heterocycles. The van der Waals surface area contributed by atoms with Crippen LogP contribution in [0.25, 0.3) is 0 Å². The second kappa shape index (κ2) is 9.52. The van der Waals surface area contributed by atoms with Gasteiger partial charge >= 0.3 is 0 Å². The first kappa shape index (κ1) is 23.9. The number of hydrogen-bond donors (Lipinski definition) is 0. The van der Waals surface area contributed by atoms with E-state index in [-0.39, 0.29) is 17.9 Å². The van der Waals surface area contributed by atoms with Gasteiger partial charge in [0.25, 0.3) is 5.91 Å². The van der Waals surface area contributed by atoms with Crippen molar-refractivity contribution in [3.8, 4) is 0 Å². The van der Waals surface area contributed by atoms with Gasteiger partial charge < -0.3 is 0 Å². The summed E-state index contributed by atoms with van der Waals surface area (Å²) < 4.78 is 28.6. The highest BCUT2D eigenvalue weighted by molar-refractivity contribution is 7.89. The Morgan fingerprint density at radius 3 is 2.12 bits per heavy atom. The molecule has 1 atom stereocenters. The largest absolute Gasteiger partial charge is 0.274 e. The lowest BCUT2D eigenvalue weighted by Crippen LogP contribution is -2.45. The third-order valence-corrected chi connectivity index (χ3v) is 7.97. The minimum absolute atomic E-state index is 0.0130. The van der Waals surface area contributed by atoms with Gasteiger partial charge in [0.15, 0.2) is 0 Å². The van der Waals surface area contributed by atoms with E-state index in [1.54, 1.807) is 36.4 Å². The lowest BCUT2D eigenvalue weighted by Gasteiger charge is -2.27. The molecule has 34 heavy (non-hydrogen) atoms. The average molecular weight is 477 g/mol. The molecule has 0 bridgehead atoms. The van der Waals surface area contributed by atoms with Crippen LogP contribution in [-0.2, 0) is 26.2 Å². The van der Waals surface area contributed by atoms with E-state index >= 15 is 0 Å². The van der Waals surface area contributed by atoms with E-state index in [9.17, 15) is 18.0 Å². The van der Waals surface area contributed by atoms with Crippen molar-refractivity contribution < 1.29 is 18.0 Å². The van der Waals surface area contributed by atoms with Gasteiger partial charge in [0, 0.05) is 6.54 Å². The summed E-state index contributed by atoms with van der Waals surface area (Å²) in [5, 5.41) is 0. The first-order valence-corrected chi connectivity index (χ1v) is 12.7. The van der Waals surface area contributed by atoms with Gasteiger partial charge in [-0.25, -0.2) is 13.3 Å². The molecule has 7 heteroatoms. The van der Waals surface area contributed by atoms with Gasteiger partial charge in [-0.3, -0.25) is 9.59 Å². The molecular formula is C27H28N2O4S. The fourth-order valence-electron chi connectivity index (χ4n) is 4.09. The van der Waals surface area contributed by atoms with Crippen molar-refractivity contribution in [2.24, 2.45) is 0 Å². The second-order valence-electron chi connectivity index (χ2n) is 8.88.